The summed E-state index contributed by atoms with van der Waals surface area (Å²) in [4.78, 5) is 15.9. The van der Waals surface area contributed by atoms with Gasteiger partial charge in [-0.2, -0.15) is 5.10 Å². The van der Waals surface area contributed by atoms with E-state index < -0.39 is 0 Å². The number of halogens is 1. The molecule has 8 heteroatoms. The third kappa shape index (κ3) is 7.42. The number of amides is 1. The number of carbonyl (C=O) groups is 1. The molecule has 0 saturated heterocycles. The number of rotatable bonds is 8. The zero-order valence-corrected chi connectivity index (χ0v) is 17.6. The molecule has 142 valence electrons. The highest BCUT2D eigenvalue weighted by Gasteiger charge is 2.04. The summed E-state index contributed by atoms with van der Waals surface area (Å²) in [7, 11) is 3.40. The Labute approximate surface area is 171 Å². The van der Waals surface area contributed by atoms with Crippen molar-refractivity contribution >= 4 is 35.8 Å². The SMILES string of the molecule is CN=C(NCCCn1cccn1)NCCc1cccc(C(=O)NC)c1.I. The molecule has 0 aliphatic rings. The van der Waals surface area contributed by atoms with Crippen molar-refractivity contribution in [3.8, 4) is 0 Å². The second kappa shape index (κ2) is 12.3. The lowest BCUT2D eigenvalue weighted by Gasteiger charge is -2.12. The Morgan fingerprint density at radius 1 is 1.23 bits per heavy atom. The van der Waals surface area contributed by atoms with Crippen LogP contribution < -0.4 is 16.0 Å². The fourth-order valence-electron chi connectivity index (χ4n) is 2.44. The van der Waals surface area contributed by atoms with E-state index in [1.165, 1.54) is 0 Å². The largest absolute Gasteiger partial charge is 0.356 e. The van der Waals surface area contributed by atoms with Gasteiger partial charge in [0.15, 0.2) is 5.96 Å². The molecule has 3 N–H and O–H groups in total. The van der Waals surface area contributed by atoms with Crippen molar-refractivity contribution in [1.82, 2.24) is 25.7 Å². The van der Waals surface area contributed by atoms with Crippen LogP contribution in [0.5, 0.6) is 0 Å². The van der Waals surface area contributed by atoms with E-state index in [1.54, 1.807) is 20.3 Å². The average Bonchev–Trinajstić information content (AvgIpc) is 3.16. The molecule has 0 unspecified atom stereocenters. The number of hydrogen-bond acceptors (Lipinski definition) is 3. The molecule has 1 heterocycles. The van der Waals surface area contributed by atoms with Crippen LogP contribution in [-0.4, -0.2) is 48.8 Å². The van der Waals surface area contributed by atoms with Gasteiger partial charge in [0.05, 0.1) is 0 Å². The number of aryl methyl sites for hydroxylation is 1. The Morgan fingerprint density at radius 2 is 2.04 bits per heavy atom. The predicted molar refractivity (Wildman–Crippen MR) is 115 cm³/mol. The number of guanidine groups is 1. The molecule has 7 nitrogen and oxygen atoms in total. The quantitative estimate of drug-likeness (QED) is 0.237. The second-order valence-electron chi connectivity index (χ2n) is 5.58. The Bertz CT molecular complexity index is 687. The van der Waals surface area contributed by atoms with Crippen molar-refractivity contribution in [3.05, 3.63) is 53.9 Å². The Morgan fingerprint density at radius 3 is 2.73 bits per heavy atom. The summed E-state index contributed by atoms with van der Waals surface area (Å²) in [6.07, 6.45) is 5.53. The molecular weight excluding hydrogens is 443 g/mol. The van der Waals surface area contributed by atoms with Crippen molar-refractivity contribution in [2.24, 2.45) is 4.99 Å². The van der Waals surface area contributed by atoms with Gasteiger partial charge < -0.3 is 16.0 Å². The van der Waals surface area contributed by atoms with Gasteiger partial charge in [-0.1, -0.05) is 12.1 Å². The van der Waals surface area contributed by atoms with Crippen LogP contribution in [0.2, 0.25) is 0 Å². The summed E-state index contributed by atoms with van der Waals surface area (Å²) in [5.41, 5.74) is 1.80. The molecule has 1 aromatic heterocycles. The van der Waals surface area contributed by atoms with E-state index in [9.17, 15) is 4.79 Å². The van der Waals surface area contributed by atoms with E-state index in [0.717, 1.165) is 44.0 Å². The minimum atomic E-state index is -0.0653. The number of nitrogens with one attached hydrogen (secondary N) is 3. The molecule has 2 aromatic rings. The molecule has 0 aliphatic heterocycles. The van der Waals surface area contributed by atoms with Gasteiger partial charge in [0.25, 0.3) is 5.91 Å². The molecule has 1 aromatic carbocycles. The molecule has 2 rings (SSSR count). The lowest BCUT2D eigenvalue weighted by Crippen LogP contribution is -2.39. The highest BCUT2D eigenvalue weighted by Crippen LogP contribution is 2.05. The van der Waals surface area contributed by atoms with Crippen LogP contribution in [0.4, 0.5) is 0 Å². The molecule has 26 heavy (non-hydrogen) atoms. The highest BCUT2D eigenvalue weighted by atomic mass is 127. The van der Waals surface area contributed by atoms with Crippen LogP contribution in [0.25, 0.3) is 0 Å². The minimum absolute atomic E-state index is 0. The summed E-state index contributed by atoms with van der Waals surface area (Å²) in [5.74, 6) is 0.715. The zero-order valence-electron chi connectivity index (χ0n) is 15.2. The summed E-state index contributed by atoms with van der Waals surface area (Å²) in [6, 6.07) is 9.58. The third-order valence-corrected chi connectivity index (χ3v) is 3.76. The van der Waals surface area contributed by atoms with E-state index in [1.807, 2.05) is 41.2 Å². The van der Waals surface area contributed by atoms with Gasteiger partial charge in [-0.05, 0) is 36.6 Å². The maximum atomic E-state index is 11.7. The van der Waals surface area contributed by atoms with Crippen LogP contribution in [0.15, 0.2) is 47.7 Å². The molecular formula is C18H27IN6O. The monoisotopic (exact) mass is 470 g/mol. The van der Waals surface area contributed by atoms with Crippen LogP contribution in [0.1, 0.15) is 22.3 Å². The van der Waals surface area contributed by atoms with E-state index in [0.29, 0.717) is 5.56 Å². The van der Waals surface area contributed by atoms with Gasteiger partial charge in [-0.25, -0.2) is 0 Å². The summed E-state index contributed by atoms with van der Waals surface area (Å²) in [6.45, 7) is 2.45. The normalized spacial score (nSPS) is 10.8. The zero-order chi connectivity index (χ0) is 17.9. The van der Waals surface area contributed by atoms with E-state index >= 15 is 0 Å². The van der Waals surface area contributed by atoms with Crippen LogP contribution in [0, 0.1) is 0 Å². The molecule has 0 spiro atoms. The highest BCUT2D eigenvalue weighted by molar-refractivity contribution is 14.0. The van der Waals surface area contributed by atoms with Crippen LogP contribution in [-0.2, 0) is 13.0 Å². The van der Waals surface area contributed by atoms with Gasteiger partial charge in [0, 0.05) is 51.7 Å². The number of hydrogen-bond donors (Lipinski definition) is 3. The molecule has 0 aliphatic carbocycles. The molecule has 0 fully saturated rings. The third-order valence-electron chi connectivity index (χ3n) is 3.76. The first-order valence-electron chi connectivity index (χ1n) is 8.46. The summed E-state index contributed by atoms with van der Waals surface area (Å²) < 4.78 is 1.91. The Hall–Kier alpha value is -2.10. The van der Waals surface area contributed by atoms with Gasteiger partial charge in [0.1, 0.15) is 0 Å². The second-order valence-corrected chi connectivity index (χ2v) is 5.58. The average molecular weight is 470 g/mol. The Kier molecular flexibility index (Phi) is 10.4. The lowest BCUT2D eigenvalue weighted by molar-refractivity contribution is 0.0963. The number of benzene rings is 1. The van der Waals surface area contributed by atoms with Gasteiger partial charge in [-0.3, -0.25) is 14.5 Å². The fraction of sp³-hybridized carbons (Fsp3) is 0.389. The molecule has 1 amide bonds. The number of nitrogens with zero attached hydrogens (tertiary/aromatic N) is 3. The maximum Gasteiger partial charge on any atom is 0.251 e. The fourth-order valence-corrected chi connectivity index (χ4v) is 2.44. The van der Waals surface area contributed by atoms with Gasteiger partial charge in [-0.15, -0.1) is 24.0 Å². The lowest BCUT2D eigenvalue weighted by atomic mass is 10.1. The Balaban J connectivity index is 0.00000338. The smallest absolute Gasteiger partial charge is 0.251 e. The maximum absolute atomic E-state index is 11.7. The first-order chi connectivity index (χ1) is 12.2. The van der Waals surface area contributed by atoms with Crippen molar-refractivity contribution in [3.63, 3.8) is 0 Å². The molecule has 0 bridgehead atoms. The van der Waals surface area contributed by atoms with Crippen molar-refractivity contribution in [2.45, 2.75) is 19.4 Å². The van der Waals surface area contributed by atoms with Crippen molar-refractivity contribution in [1.29, 1.82) is 0 Å². The molecule has 0 radical (unpaired) electrons. The van der Waals surface area contributed by atoms with Crippen LogP contribution >= 0.6 is 24.0 Å². The molecule has 0 saturated carbocycles. The van der Waals surface area contributed by atoms with E-state index in [4.69, 9.17) is 0 Å². The number of carbonyl (C=O) groups excluding carboxylic acids is 1. The molecule has 0 atom stereocenters. The van der Waals surface area contributed by atoms with Crippen molar-refractivity contribution in [2.75, 3.05) is 27.2 Å². The van der Waals surface area contributed by atoms with E-state index in [-0.39, 0.29) is 29.9 Å². The van der Waals surface area contributed by atoms with Gasteiger partial charge >= 0.3 is 0 Å². The van der Waals surface area contributed by atoms with Crippen molar-refractivity contribution < 1.29 is 4.79 Å². The standard InChI is InChI=1S/C18H26N6O.HI/c1-19-17(25)16-7-3-6-15(14-16)8-11-22-18(20-2)21-9-4-12-24-13-5-10-23-24;/h3,5-7,10,13-14H,4,8-9,11-12H2,1-2H3,(H,19,25)(H2,20,21,22);1H. The van der Waals surface area contributed by atoms with Gasteiger partial charge in [0.2, 0.25) is 0 Å². The topological polar surface area (TPSA) is 83.3 Å². The summed E-state index contributed by atoms with van der Waals surface area (Å²) >= 11 is 0. The first-order valence-corrected chi connectivity index (χ1v) is 8.46. The summed E-state index contributed by atoms with van der Waals surface area (Å²) in [5, 5.41) is 13.4. The van der Waals surface area contributed by atoms with Crippen LogP contribution in [0.3, 0.4) is 0 Å². The predicted octanol–water partition coefficient (Wildman–Crippen LogP) is 1.66. The number of aliphatic imine (C=N–C) groups is 1. The minimum Gasteiger partial charge on any atom is -0.356 e. The van der Waals surface area contributed by atoms with E-state index in [2.05, 4.69) is 26.0 Å². The first kappa shape index (κ1) is 21.9. The number of aromatic nitrogens is 2.